The van der Waals surface area contributed by atoms with Gasteiger partial charge in [-0.2, -0.15) is 0 Å². The first-order chi connectivity index (χ1) is 10.4. The summed E-state index contributed by atoms with van der Waals surface area (Å²) in [5.74, 6) is -0.652. The second-order valence-electron chi connectivity index (χ2n) is 4.34. The van der Waals surface area contributed by atoms with Gasteiger partial charge in [0.05, 0.1) is 6.54 Å². The highest BCUT2D eigenvalue weighted by Crippen LogP contribution is 2.23. The van der Waals surface area contributed by atoms with Crippen molar-refractivity contribution >= 4 is 17.3 Å². The second-order valence-corrected chi connectivity index (χ2v) is 4.34. The molecule has 0 bridgehead atoms. The smallest absolute Gasteiger partial charge is 0.406 e. The van der Waals surface area contributed by atoms with Crippen LogP contribution >= 0.6 is 0 Å². The van der Waals surface area contributed by atoms with E-state index in [0.29, 0.717) is 5.69 Å². The van der Waals surface area contributed by atoms with Gasteiger partial charge in [0.1, 0.15) is 5.75 Å². The van der Waals surface area contributed by atoms with E-state index in [0.717, 1.165) is 17.8 Å². The van der Waals surface area contributed by atoms with Crippen LogP contribution in [0, 0.1) is 0 Å². The summed E-state index contributed by atoms with van der Waals surface area (Å²) in [6.45, 7) is 0.0464. The SMILES string of the molecule is O=C(CNc1ccccc1)Nc1ccc(OC(F)(F)F)cc1. The molecule has 0 heterocycles. The third-order valence-corrected chi connectivity index (χ3v) is 2.60. The summed E-state index contributed by atoms with van der Waals surface area (Å²) in [4.78, 5) is 11.7. The Morgan fingerprint density at radius 1 is 0.955 bits per heavy atom. The van der Waals surface area contributed by atoms with Crippen LogP contribution < -0.4 is 15.4 Å². The normalized spacial score (nSPS) is 10.9. The number of rotatable bonds is 5. The van der Waals surface area contributed by atoms with E-state index < -0.39 is 6.36 Å². The van der Waals surface area contributed by atoms with Gasteiger partial charge in [0.2, 0.25) is 5.91 Å². The van der Waals surface area contributed by atoms with E-state index >= 15 is 0 Å². The lowest BCUT2D eigenvalue weighted by Crippen LogP contribution is -2.21. The van der Waals surface area contributed by atoms with Crippen LogP contribution in [0.15, 0.2) is 54.6 Å². The molecule has 0 radical (unpaired) electrons. The van der Waals surface area contributed by atoms with Gasteiger partial charge < -0.3 is 15.4 Å². The van der Waals surface area contributed by atoms with E-state index in [-0.39, 0.29) is 18.2 Å². The minimum Gasteiger partial charge on any atom is -0.406 e. The maximum Gasteiger partial charge on any atom is 0.573 e. The number of carbonyl (C=O) groups is 1. The highest BCUT2D eigenvalue weighted by Gasteiger charge is 2.30. The van der Waals surface area contributed by atoms with Gasteiger partial charge in [-0.25, -0.2) is 0 Å². The Kier molecular flexibility index (Phi) is 4.88. The lowest BCUT2D eigenvalue weighted by Gasteiger charge is -2.10. The Bertz CT molecular complexity index is 613. The first-order valence-corrected chi connectivity index (χ1v) is 6.37. The molecule has 116 valence electrons. The van der Waals surface area contributed by atoms with Crippen molar-refractivity contribution in [2.45, 2.75) is 6.36 Å². The van der Waals surface area contributed by atoms with Gasteiger partial charge in [0.25, 0.3) is 0 Å². The topological polar surface area (TPSA) is 50.4 Å². The predicted octanol–water partition coefficient (Wildman–Crippen LogP) is 3.64. The fourth-order valence-electron chi connectivity index (χ4n) is 1.68. The molecular weight excluding hydrogens is 297 g/mol. The Labute approximate surface area is 124 Å². The number of anilines is 2. The molecule has 0 atom stereocenters. The van der Waals surface area contributed by atoms with Crippen LogP contribution in [0.2, 0.25) is 0 Å². The highest BCUT2D eigenvalue weighted by atomic mass is 19.4. The van der Waals surface area contributed by atoms with E-state index in [1.807, 2.05) is 30.3 Å². The third-order valence-electron chi connectivity index (χ3n) is 2.60. The van der Waals surface area contributed by atoms with Gasteiger partial charge in [-0.3, -0.25) is 4.79 Å². The summed E-state index contributed by atoms with van der Waals surface area (Å²) in [6, 6.07) is 14.1. The van der Waals surface area contributed by atoms with Crippen molar-refractivity contribution in [3.63, 3.8) is 0 Å². The van der Waals surface area contributed by atoms with Crippen LogP contribution in [-0.4, -0.2) is 18.8 Å². The van der Waals surface area contributed by atoms with Crippen LogP contribution in [0.4, 0.5) is 24.5 Å². The molecule has 0 aliphatic heterocycles. The summed E-state index contributed by atoms with van der Waals surface area (Å²) in [5.41, 5.74) is 1.18. The summed E-state index contributed by atoms with van der Waals surface area (Å²) in [6.07, 6.45) is -4.73. The number of carbonyl (C=O) groups excluding carboxylic acids is 1. The molecule has 0 saturated carbocycles. The molecule has 0 aromatic heterocycles. The van der Waals surface area contributed by atoms with Crippen LogP contribution in [0.3, 0.4) is 0 Å². The van der Waals surface area contributed by atoms with Gasteiger partial charge in [-0.15, -0.1) is 13.2 Å². The van der Waals surface area contributed by atoms with Crippen molar-refractivity contribution < 1.29 is 22.7 Å². The Morgan fingerprint density at radius 3 is 2.18 bits per heavy atom. The first-order valence-electron chi connectivity index (χ1n) is 6.37. The van der Waals surface area contributed by atoms with Gasteiger partial charge >= 0.3 is 6.36 Å². The van der Waals surface area contributed by atoms with Crippen LogP contribution in [0.1, 0.15) is 0 Å². The standard InChI is InChI=1S/C15H13F3N2O2/c16-15(17,18)22-13-8-6-12(7-9-13)20-14(21)10-19-11-4-2-1-3-5-11/h1-9,19H,10H2,(H,20,21). The number of benzene rings is 2. The molecule has 2 aromatic rings. The van der Waals surface area contributed by atoms with Crippen molar-refractivity contribution in [1.82, 2.24) is 0 Å². The quantitative estimate of drug-likeness (QED) is 0.886. The number of amides is 1. The molecule has 2 rings (SSSR count). The Hall–Kier alpha value is -2.70. The molecule has 0 unspecified atom stereocenters. The summed E-state index contributed by atoms with van der Waals surface area (Å²) in [7, 11) is 0. The van der Waals surface area contributed by atoms with E-state index in [9.17, 15) is 18.0 Å². The van der Waals surface area contributed by atoms with E-state index in [1.165, 1.54) is 12.1 Å². The molecule has 0 saturated heterocycles. The van der Waals surface area contributed by atoms with E-state index in [2.05, 4.69) is 15.4 Å². The number of halogens is 3. The number of para-hydroxylation sites is 1. The van der Waals surface area contributed by atoms with Crippen molar-refractivity contribution in [2.75, 3.05) is 17.2 Å². The Morgan fingerprint density at radius 2 is 1.59 bits per heavy atom. The molecule has 2 N–H and O–H groups in total. The van der Waals surface area contributed by atoms with E-state index in [4.69, 9.17) is 0 Å². The summed E-state index contributed by atoms with van der Waals surface area (Å²) < 4.78 is 39.8. The maximum atomic E-state index is 12.0. The minimum atomic E-state index is -4.73. The third kappa shape index (κ3) is 5.35. The average molecular weight is 310 g/mol. The zero-order valence-electron chi connectivity index (χ0n) is 11.4. The summed E-state index contributed by atoms with van der Waals surface area (Å²) >= 11 is 0. The fourth-order valence-corrected chi connectivity index (χ4v) is 1.68. The molecule has 0 fully saturated rings. The minimum absolute atomic E-state index is 0.0464. The van der Waals surface area contributed by atoms with Crippen molar-refractivity contribution in [2.24, 2.45) is 0 Å². The molecule has 1 amide bonds. The van der Waals surface area contributed by atoms with Crippen LogP contribution in [0.25, 0.3) is 0 Å². The second kappa shape index (κ2) is 6.84. The number of hydrogen-bond donors (Lipinski definition) is 2. The van der Waals surface area contributed by atoms with Crippen molar-refractivity contribution in [1.29, 1.82) is 0 Å². The molecule has 7 heteroatoms. The highest BCUT2D eigenvalue weighted by molar-refractivity contribution is 5.93. The first kappa shape index (κ1) is 15.7. The molecule has 0 aliphatic carbocycles. The maximum absolute atomic E-state index is 12.0. The number of alkyl halides is 3. The predicted molar refractivity (Wildman–Crippen MR) is 76.7 cm³/mol. The molecular formula is C15H13F3N2O2. The zero-order valence-corrected chi connectivity index (χ0v) is 11.4. The number of hydrogen-bond acceptors (Lipinski definition) is 3. The lowest BCUT2D eigenvalue weighted by molar-refractivity contribution is -0.274. The summed E-state index contributed by atoms with van der Waals surface area (Å²) in [5, 5.41) is 5.49. The number of ether oxygens (including phenoxy) is 1. The zero-order chi connectivity index (χ0) is 16.0. The van der Waals surface area contributed by atoms with Crippen molar-refractivity contribution in [3.05, 3.63) is 54.6 Å². The van der Waals surface area contributed by atoms with Crippen LogP contribution in [-0.2, 0) is 4.79 Å². The lowest BCUT2D eigenvalue weighted by atomic mass is 10.3. The van der Waals surface area contributed by atoms with Crippen molar-refractivity contribution in [3.8, 4) is 5.75 Å². The molecule has 22 heavy (non-hydrogen) atoms. The molecule has 2 aromatic carbocycles. The average Bonchev–Trinajstić information content (AvgIpc) is 2.47. The van der Waals surface area contributed by atoms with Crippen LogP contribution in [0.5, 0.6) is 5.75 Å². The van der Waals surface area contributed by atoms with Gasteiger partial charge in [-0.1, -0.05) is 18.2 Å². The monoisotopic (exact) mass is 310 g/mol. The van der Waals surface area contributed by atoms with Gasteiger partial charge in [0, 0.05) is 11.4 Å². The molecule has 0 spiro atoms. The molecule has 4 nitrogen and oxygen atoms in total. The molecule has 0 aliphatic rings. The van der Waals surface area contributed by atoms with E-state index in [1.54, 1.807) is 0 Å². The van der Waals surface area contributed by atoms with Gasteiger partial charge in [0.15, 0.2) is 0 Å². The Balaban J connectivity index is 1.84. The van der Waals surface area contributed by atoms with Gasteiger partial charge in [-0.05, 0) is 36.4 Å². The number of nitrogens with one attached hydrogen (secondary N) is 2. The fraction of sp³-hybridized carbons (Fsp3) is 0.133. The largest absolute Gasteiger partial charge is 0.573 e.